The Balaban J connectivity index is 1.69. The van der Waals surface area contributed by atoms with Crippen LogP contribution in [0.4, 0.5) is 14.6 Å². The molecule has 0 aliphatic carbocycles. The highest BCUT2D eigenvalue weighted by molar-refractivity contribution is 7.84. The van der Waals surface area contributed by atoms with Crippen LogP contribution in [-0.4, -0.2) is 48.7 Å². The average Bonchev–Trinajstić information content (AvgIpc) is 3.30. The Bertz CT molecular complexity index is 1300. The molecule has 0 saturated carbocycles. The maximum atomic E-state index is 14.8. The Morgan fingerprint density at radius 1 is 1.31 bits per heavy atom. The molecular weight excluding hydrogens is 496 g/mol. The number of ether oxygens (including phenoxy) is 1. The number of halogens is 2. The quantitative estimate of drug-likeness (QED) is 0.258. The Morgan fingerprint density at radius 2 is 2.08 bits per heavy atom. The molecule has 2 aromatic heterocycles. The van der Waals surface area contributed by atoms with Crippen LogP contribution in [0.1, 0.15) is 41.3 Å². The van der Waals surface area contributed by atoms with E-state index >= 15 is 0 Å². The number of benzene rings is 1. The van der Waals surface area contributed by atoms with Crippen molar-refractivity contribution in [3.8, 4) is 5.75 Å². The Kier molecular flexibility index (Phi) is 9.07. The summed E-state index contributed by atoms with van der Waals surface area (Å²) in [6, 6.07) is 6.10. The summed E-state index contributed by atoms with van der Waals surface area (Å²) >= 11 is 0. The number of carbonyl (C=O) groups excluding carboxylic acids is 1. The number of methoxy groups -OCH3 is 1. The minimum Gasteiger partial charge on any atom is -0.494 e. The van der Waals surface area contributed by atoms with Gasteiger partial charge in [0.2, 0.25) is 0 Å². The van der Waals surface area contributed by atoms with Crippen molar-refractivity contribution in [2.45, 2.75) is 32.6 Å². The van der Waals surface area contributed by atoms with Crippen LogP contribution in [0, 0.1) is 11.7 Å². The van der Waals surface area contributed by atoms with Crippen LogP contribution < -0.4 is 15.2 Å². The Morgan fingerprint density at radius 3 is 2.78 bits per heavy atom. The monoisotopic (exact) mass is 523 g/mol. The summed E-state index contributed by atoms with van der Waals surface area (Å²) in [7, 11) is -2.75. The fraction of sp³-hybridized carbons (Fsp3) is 0.348. The molecule has 0 radical (unpaired) electrons. The first-order chi connectivity index (χ1) is 17.1. The van der Waals surface area contributed by atoms with Gasteiger partial charge >= 0.3 is 10.3 Å². The van der Waals surface area contributed by atoms with Crippen molar-refractivity contribution in [2.75, 3.05) is 19.0 Å². The van der Waals surface area contributed by atoms with Gasteiger partial charge in [-0.1, -0.05) is 19.4 Å². The van der Waals surface area contributed by atoms with E-state index in [0.717, 1.165) is 5.56 Å². The van der Waals surface area contributed by atoms with E-state index in [-0.39, 0.29) is 30.2 Å². The predicted molar refractivity (Wildman–Crippen MR) is 128 cm³/mol. The number of anilines is 1. The number of aromatic nitrogens is 3. The lowest BCUT2D eigenvalue weighted by atomic mass is 10.0. The van der Waals surface area contributed by atoms with Gasteiger partial charge in [0.15, 0.2) is 23.6 Å². The van der Waals surface area contributed by atoms with Crippen molar-refractivity contribution < 1.29 is 30.9 Å². The van der Waals surface area contributed by atoms with Gasteiger partial charge < -0.3 is 14.6 Å². The number of carbonyl (C=O) groups is 1. The number of nitrogens with one attached hydrogen (secondary N) is 1. The number of ketones is 1. The molecule has 2 atom stereocenters. The van der Waals surface area contributed by atoms with E-state index in [0.29, 0.717) is 18.5 Å². The molecule has 0 bridgehead atoms. The summed E-state index contributed by atoms with van der Waals surface area (Å²) in [4.78, 5) is 21.0. The van der Waals surface area contributed by atoms with Crippen LogP contribution in [0.2, 0.25) is 0 Å². The van der Waals surface area contributed by atoms with Crippen LogP contribution in [0.3, 0.4) is 0 Å². The standard InChI is InChI=1S/C23H27F2N5O5S/c1-3-15(13-35-36(26,32)33)9-21(25)29-23-18(10-27-14-28-23)22(31)17-6-7-30(12-17)11-16-4-5-19(24)20(8-16)34-2/h4-8,10,12,14-15,21H,3,9,11,13H2,1-2H3,(H2,26,32,33)(H,27,28,29). The number of nitrogens with two attached hydrogens (primary N) is 1. The third-order valence-corrected chi connectivity index (χ3v) is 5.89. The van der Waals surface area contributed by atoms with Crippen LogP contribution >= 0.6 is 0 Å². The van der Waals surface area contributed by atoms with E-state index in [2.05, 4.69) is 19.5 Å². The Hall–Kier alpha value is -3.42. The van der Waals surface area contributed by atoms with E-state index in [9.17, 15) is 22.0 Å². The first kappa shape index (κ1) is 27.2. The van der Waals surface area contributed by atoms with E-state index in [1.807, 2.05) is 0 Å². The van der Waals surface area contributed by atoms with Gasteiger partial charge in [-0.15, -0.1) is 0 Å². The number of nitrogens with zero attached hydrogens (tertiary/aromatic N) is 3. The molecule has 36 heavy (non-hydrogen) atoms. The molecule has 0 spiro atoms. The highest BCUT2D eigenvalue weighted by Gasteiger charge is 2.21. The molecule has 0 aliphatic rings. The lowest BCUT2D eigenvalue weighted by Crippen LogP contribution is -2.25. The minimum atomic E-state index is -4.13. The lowest BCUT2D eigenvalue weighted by molar-refractivity contribution is 0.103. The van der Waals surface area contributed by atoms with Crippen LogP contribution in [-0.2, 0) is 21.0 Å². The molecular formula is C23H27F2N5O5S. The van der Waals surface area contributed by atoms with Gasteiger partial charge in [0.1, 0.15) is 12.1 Å². The molecule has 194 valence electrons. The normalized spacial score (nSPS) is 13.2. The average molecular weight is 524 g/mol. The SMILES string of the molecule is CCC(COS(N)(=O)=O)CC(F)Nc1ncncc1C(=O)c1ccn(Cc2ccc(F)c(OC)c2)c1. The van der Waals surface area contributed by atoms with E-state index in [1.54, 1.807) is 42.1 Å². The zero-order chi connectivity index (χ0) is 26.3. The molecule has 2 unspecified atom stereocenters. The molecule has 0 fully saturated rings. The third kappa shape index (κ3) is 7.54. The molecule has 0 amide bonds. The summed E-state index contributed by atoms with van der Waals surface area (Å²) in [6.45, 7) is 1.86. The lowest BCUT2D eigenvalue weighted by Gasteiger charge is -2.19. The second kappa shape index (κ2) is 12.0. The first-order valence-corrected chi connectivity index (χ1v) is 12.5. The molecule has 3 N–H and O–H groups in total. The molecule has 2 heterocycles. The third-order valence-electron chi connectivity index (χ3n) is 5.43. The summed E-state index contributed by atoms with van der Waals surface area (Å²) in [5, 5.41) is 7.39. The van der Waals surface area contributed by atoms with Gasteiger partial charge in [-0.25, -0.2) is 23.9 Å². The molecule has 1 aromatic carbocycles. The van der Waals surface area contributed by atoms with E-state index in [1.165, 1.54) is 25.7 Å². The first-order valence-electron chi connectivity index (χ1n) is 11.0. The molecule has 3 aromatic rings. The predicted octanol–water partition coefficient (Wildman–Crippen LogP) is 3.05. The smallest absolute Gasteiger partial charge is 0.333 e. The van der Waals surface area contributed by atoms with Crippen LogP contribution in [0.25, 0.3) is 0 Å². The molecule has 0 aliphatic heterocycles. The summed E-state index contributed by atoms with van der Waals surface area (Å²) in [5.74, 6) is -1.21. The van der Waals surface area contributed by atoms with Gasteiger partial charge in [0.25, 0.3) is 0 Å². The fourth-order valence-electron chi connectivity index (χ4n) is 3.50. The number of hydrogen-bond acceptors (Lipinski definition) is 8. The molecule has 0 saturated heterocycles. The number of alkyl halides is 1. The second-order valence-electron chi connectivity index (χ2n) is 8.05. The maximum Gasteiger partial charge on any atom is 0.333 e. The molecule has 3 rings (SSSR count). The summed E-state index contributed by atoms with van der Waals surface area (Å²) in [6.07, 6.45) is 4.48. The van der Waals surface area contributed by atoms with Gasteiger partial charge in [0, 0.05) is 37.1 Å². The number of hydrogen-bond donors (Lipinski definition) is 2. The summed E-state index contributed by atoms with van der Waals surface area (Å²) in [5.41, 5.74) is 1.16. The largest absolute Gasteiger partial charge is 0.494 e. The van der Waals surface area contributed by atoms with E-state index in [4.69, 9.17) is 9.88 Å². The minimum absolute atomic E-state index is 0.000684. The molecule has 13 heteroatoms. The van der Waals surface area contributed by atoms with Gasteiger partial charge in [0.05, 0.1) is 19.3 Å². The van der Waals surface area contributed by atoms with Gasteiger partial charge in [-0.2, -0.15) is 8.42 Å². The van der Waals surface area contributed by atoms with Gasteiger partial charge in [-0.3, -0.25) is 8.98 Å². The summed E-state index contributed by atoms with van der Waals surface area (Å²) < 4.78 is 61.7. The highest BCUT2D eigenvalue weighted by atomic mass is 32.2. The Labute approximate surface area is 207 Å². The molecule has 10 nitrogen and oxygen atoms in total. The van der Waals surface area contributed by atoms with Crippen molar-refractivity contribution in [3.05, 3.63) is 71.7 Å². The van der Waals surface area contributed by atoms with Crippen molar-refractivity contribution in [3.63, 3.8) is 0 Å². The zero-order valence-electron chi connectivity index (χ0n) is 19.7. The zero-order valence-corrected chi connectivity index (χ0v) is 20.5. The van der Waals surface area contributed by atoms with Crippen LogP contribution in [0.15, 0.2) is 49.2 Å². The van der Waals surface area contributed by atoms with Crippen LogP contribution in [0.5, 0.6) is 5.75 Å². The topological polar surface area (TPSA) is 138 Å². The number of rotatable bonds is 13. The second-order valence-corrected chi connectivity index (χ2v) is 9.28. The van der Waals surface area contributed by atoms with Crippen molar-refractivity contribution in [2.24, 2.45) is 11.1 Å². The van der Waals surface area contributed by atoms with Crippen molar-refractivity contribution in [1.29, 1.82) is 0 Å². The van der Waals surface area contributed by atoms with Crippen molar-refractivity contribution >= 4 is 21.9 Å². The fourth-order valence-corrected chi connectivity index (χ4v) is 3.88. The van der Waals surface area contributed by atoms with Gasteiger partial charge in [-0.05, 0) is 29.7 Å². The maximum absolute atomic E-state index is 14.8. The van der Waals surface area contributed by atoms with E-state index < -0.39 is 34.1 Å². The van der Waals surface area contributed by atoms with Crippen molar-refractivity contribution in [1.82, 2.24) is 14.5 Å². The highest BCUT2D eigenvalue weighted by Crippen LogP contribution is 2.22.